The lowest BCUT2D eigenvalue weighted by molar-refractivity contribution is -0.185. The summed E-state index contributed by atoms with van der Waals surface area (Å²) in [5, 5.41) is 1.60. The van der Waals surface area contributed by atoms with Crippen LogP contribution in [0.15, 0.2) is 24.3 Å². The number of rotatable bonds is 3. The fourth-order valence-corrected chi connectivity index (χ4v) is 6.01. The first-order chi connectivity index (χ1) is 10.7. The zero-order valence-corrected chi connectivity index (χ0v) is 13.0. The van der Waals surface area contributed by atoms with E-state index in [9.17, 15) is 4.79 Å². The Morgan fingerprint density at radius 3 is 2.32 bits per heavy atom. The first kappa shape index (κ1) is 13.1. The normalized spacial score (nSPS) is 38.6. The molecule has 3 nitrogen and oxygen atoms in total. The van der Waals surface area contributed by atoms with Crippen LogP contribution in [0.3, 0.4) is 0 Å². The van der Waals surface area contributed by atoms with Crippen LogP contribution in [-0.2, 0) is 11.4 Å². The highest BCUT2D eigenvalue weighted by atomic mass is 16.7. The smallest absolute Gasteiger partial charge is 0.270 e. The van der Waals surface area contributed by atoms with Gasteiger partial charge in [0.2, 0.25) is 0 Å². The molecule has 1 aliphatic heterocycles. The zero-order chi connectivity index (χ0) is 14.7. The molecule has 4 saturated carbocycles. The van der Waals surface area contributed by atoms with E-state index in [0.29, 0.717) is 12.0 Å². The Bertz CT molecular complexity index is 588. The number of fused-ring (bicyclic) bond motifs is 1. The summed E-state index contributed by atoms with van der Waals surface area (Å²) in [4.78, 5) is 18.5. The van der Waals surface area contributed by atoms with Crippen molar-refractivity contribution in [3.63, 3.8) is 0 Å². The largest absolute Gasteiger partial charge is 0.278 e. The van der Waals surface area contributed by atoms with Crippen LogP contribution >= 0.6 is 0 Å². The Kier molecular flexibility index (Phi) is 2.73. The maximum atomic E-state index is 12.4. The second kappa shape index (κ2) is 4.58. The van der Waals surface area contributed by atoms with Crippen LogP contribution in [0.5, 0.6) is 0 Å². The lowest BCUT2D eigenvalue weighted by Crippen LogP contribution is -2.49. The molecule has 1 aromatic carbocycles. The predicted octanol–water partition coefficient (Wildman–Crippen LogP) is 3.79. The highest BCUT2D eigenvalue weighted by Gasteiger charge is 2.51. The molecular formula is C19H23NO2. The minimum absolute atomic E-state index is 0.0420. The van der Waals surface area contributed by atoms with Crippen LogP contribution in [0.1, 0.15) is 54.4 Å². The first-order valence-electron chi connectivity index (χ1n) is 8.73. The van der Waals surface area contributed by atoms with Crippen LogP contribution in [0, 0.1) is 23.2 Å². The SMILES string of the molecule is O=C1c2ccccc2CN1OCC12CC3CC(CC(C3)C1)C2. The van der Waals surface area contributed by atoms with Gasteiger partial charge in [0.25, 0.3) is 5.91 Å². The topological polar surface area (TPSA) is 29.5 Å². The molecule has 0 atom stereocenters. The van der Waals surface area contributed by atoms with E-state index in [1.54, 1.807) is 5.06 Å². The summed E-state index contributed by atoms with van der Waals surface area (Å²) in [6.07, 6.45) is 8.34. The van der Waals surface area contributed by atoms with Gasteiger partial charge in [0.05, 0.1) is 13.2 Å². The second-order valence-electron chi connectivity index (χ2n) is 8.19. The first-order valence-corrected chi connectivity index (χ1v) is 8.73. The minimum atomic E-state index is 0.0420. The molecule has 3 heteroatoms. The lowest BCUT2D eigenvalue weighted by Gasteiger charge is -2.56. The molecule has 1 heterocycles. The number of carbonyl (C=O) groups excluding carboxylic acids is 1. The molecule has 1 amide bonds. The Labute approximate surface area is 131 Å². The third-order valence-electron chi connectivity index (χ3n) is 6.48. The van der Waals surface area contributed by atoms with Crippen molar-refractivity contribution >= 4 is 5.91 Å². The third-order valence-corrected chi connectivity index (χ3v) is 6.48. The molecule has 4 aliphatic carbocycles. The number of benzene rings is 1. The van der Waals surface area contributed by atoms with Crippen molar-refractivity contribution in [1.29, 1.82) is 0 Å². The van der Waals surface area contributed by atoms with Gasteiger partial charge in [0, 0.05) is 5.56 Å². The summed E-state index contributed by atoms with van der Waals surface area (Å²) < 4.78 is 0. The molecule has 0 aromatic heterocycles. The number of amides is 1. The fraction of sp³-hybridized carbons (Fsp3) is 0.632. The summed E-state index contributed by atoms with van der Waals surface area (Å²) in [5.41, 5.74) is 2.27. The van der Waals surface area contributed by atoms with E-state index in [0.717, 1.165) is 35.5 Å². The molecule has 0 radical (unpaired) electrons. The van der Waals surface area contributed by atoms with Crippen molar-refractivity contribution < 1.29 is 9.63 Å². The van der Waals surface area contributed by atoms with E-state index in [2.05, 4.69) is 0 Å². The number of hydroxylamine groups is 2. The molecule has 0 spiro atoms. The van der Waals surface area contributed by atoms with Crippen molar-refractivity contribution in [2.45, 2.75) is 45.1 Å². The molecule has 4 fully saturated rings. The quantitative estimate of drug-likeness (QED) is 0.849. The lowest BCUT2D eigenvalue weighted by atomic mass is 9.50. The van der Waals surface area contributed by atoms with Crippen molar-refractivity contribution in [3.05, 3.63) is 35.4 Å². The fourth-order valence-electron chi connectivity index (χ4n) is 6.01. The zero-order valence-electron chi connectivity index (χ0n) is 13.0. The summed E-state index contributed by atoms with van der Waals surface area (Å²) in [7, 11) is 0. The molecule has 4 bridgehead atoms. The van der Waals surface area contributed by atoms with Gasteiger partial charge in [-0.05, 0) is 73.3 Å². The molecule has 0 N–H and O–H groups in total. The van der Waals surface area contributed by atoms with Crippen molar-refractivity contribution in [2.24, 2.45) is 23.2 Å². The van der Waals surface area contributed by atoms with Crippen LogP contribution in [0.25, 0.3) is 0 Å². The maximum absolute atomic E-state index is 12.4. The van der Waals surface area contributed by atoms with E-state index < -0.39 is 0 Å². The molecule has 0 saturated heterocycles. The molecule has 22 heavy (non-hydrogen) atoms. The molecule has 0 unspecified atom stereocenters. The molecule has 1 aromatic rings. The Morgan fingerprint density at radius 1 is 1.05 bits per heavy atom. The van der Waals surface area contributed by atoms with Crippen LogP contribution < -0.4 is 0 Å². The van der Waals surface area contributed by atoms with Gasteiger partial charge < -0.3 is 0 Å². The van der Waals surface area contributed by atoms with E-state index in [1.165, 1.54) is 38.5 Å². The Hall–Kier alpha value is -1.35. The monoisotopic (exact) mass is 297 g/mol. The van der Waals surface area contributed by atoms with Crippen molar-refractivity contribution in [1.82, 2.24) is 5.06 Å². The van der Waals surface area contributed by atoms with Gasteiger partial charge in [-0.3, -0.25) is 9.63 Å². The summed E-state index contributed by atoms with van der Waals surface area (Å²) in [5.74, 6) is 2.84. The van der Waals surface area contributed by atoms with E-state index in [1.807, 2.05) is 24.3 Å². The predicted molar refractivity (Wildman–Crippen MR) is 82.9 cm³/mol. The van der Waals surface area contributed by atoms with Gasteiger partial charge in [-0.25, -0.2) is 5.06 Å². The van der Waals surface area contributed by atoms with Crippen LogP contribution in [0.2, 0.25) is 0 Å². The van der Waals surface area contributed by atoms with Crippen LogP contribution in [0.4, 0.5) is 0 Å². The molecular weight excluding hydrogens is 274 g/mol. The Balaban J connectivity index is 1.30. The second-order valence-corrected chi connectivity index (χ2v) is 8.19. The molecule has 6 rings (SSSR count). The highest BCUT2D eigenvalue weighted by molar-refractivity contribution is 5.97. The molecule has 5 aliphatic rings. The van der Waals surface area contributed by atoms with E-state index >= 15 is 0 Å². The van der Waals surface area contributed by atoms with Gasteiger partial charge in [0.15, 0.2) is 0 Å². The highest BCUT2D eigenvalue weighted by Crippen LogP contribution is 2.60. The van der Waals surface area contributed by atoms with E-state index in [-0.39, 0.29) is 5.91 Å². The minimum Gasteiger partial charge on any atom is -0.270 e. The average Bonchev–Trinajstić information content (AvgIpc) is 2.81. The van der Waals surface area contributed by atoms with Crippen molar-refractivity contribution in [2.75, 3.05) is 6.61 Å². The van der Waals surface area contributed by atoms with Gasteiger partial charge >= 0.3 is 0 Å². The standard InChI is InChI=1S/C19H23NO2/c21-18-17-4-2-1-3-16(17)11-20(18)22-12-19-8-13-5-14(9-19)7-15(6-13)10-19/h1-4,13-15H,5-12H2. The maximum Gasteiger partial charge on any atom is 0.278 e. The van der Waals surface area contributed by atoms with Gasteiger partial charge in [-0.1, -0.05) is 18.2 Å². The summed E-state index contributed by atoms with van der Waals surface area (Å²) in [6, 6.07) is 7.86. The number of hydrogen-bond acceptors (Lipinski definition) is 2. The summed E-state index contributed by atoms with van der Waals surface area (Å²) in [6.45, 7) is 1.36. The van der Waals surface area contributed by atoms with Crippen LogP contribution in [-0.4, -0.2) is 17.6 Å². The average molecular weight is 297 g/mol. The number of hydrogen-bond donors (Lipinski definition) is 0. The van der Waals surface area contributed by atoms with Gasteiger partial charge in [-0.2, -0.15) is 0 Å². The van der Waals surface area contributed by atoms with Crippen molar-refractivity contribution in [3.8, 4) is 0 Å². The van der Waals surface area contributed by atoms with Gasteiger partial charge in [-0.15, -0.1) is 0 Å². The third kappa shape index (κ3) is 1.95. The number of nitrogens with zero attached hydrogens (tertiary/aromatic N) is 1. The Morgan fingerprint density at radius 2 is 1.68 bits per heavy atom. The summed E-state index contributed by atoms with van der Waals surface area (Å²) >= 11 is 0. The molecule has 116 valence electrons. The van der Waals surface area contributed by atoms with E-state index in [4.69, 9.17) is 4.84 Å². The van der Waals surface area contributed by atoms with Gasteiger partial charge in [0.1, 0.15) is 0 Å². The number of carbonyl (C=O) groups is 1.